The van der Waals surface area contributed by atoms with Gasteiger partial charge in [-0.2, -0.15) is 0 Å². The molecule has 0 aromatic heterocycles. The Morgan fingerprint density at radius 1 is 0.846 bits per heavy atom. The third-order valence-corrected chi connectivity index (χ3v) is 4.01. The lowest BCUT2D eigenvalue weighted by Crippen LogP contribution is -2.37. The van der Waals surface area contributed by atoms with Gasteiger partial charge in [-0.25, -0.2) is 0 Å². The van der Waals surface area contributed by atoms with E-state index < -0.39 is 6.29 Å². The topological polar surface area (TPSA) is 40.5 Å². The predicted molar refractivity (Wildman–Crippen MR) is 51.0 cm³/mol. The molecule has 13 heavy (non-hydrogen) atoms. The van der Waals surface area contributed by atoms with E-state index in [1.807, 2.05) is 0 Å². The normalized spacial score (nSPS) is 40.4. The van der Waals surface area contributed by atoms with Crippen LogP contribution in [-0.2, 0) is 0 Å². The fourth-order valence-electron chi connectivity index (χ4n) is 3.36. The summed E-state index contributed by atoms with van der Waals surface area (Å²) < 4.78 is 0. The molecular weight excluding hydrogens is 164 g/mol. The molecule has 2 saturated carbocycles. The molecule has 0 aromatic rings. The molecule has 0 bridgehead atoms. The molecule has 2 nitrogen and oxygen atoms in total. The molecule has 0 amide bonds. The van der Waals surface area contributed by atoms with E-state index in [4.69, 9.17) is 0 Å². The van der Waals surface area contributed by atoms with Gasteiger partial charge >= 0.3 is 0 Å². The average molecular weight is 184 g/mol. The molecule has 2 N–H and O–H groups in total. The Balaban J connectivity index is 2.02. The van der Waals surface area contributed by atoms with Crippen LogP contribution in [0.3, 0.4) is 0 Å². The number of aliphatic hydroxyl groups excluding tert-OH is 1. The van der Waals surface area contributed by atoms with Gasteiger partial charge in [0, 0.05) is 5.92 Å². The van der Waals surface area contributed by atoms with E-state index in [1.165, 1.54) is 38.5 Å². The van der Waals surface area contributed by atoms with Crippen LogP contribution in [0.2, 0.25) is 0 Å². The van der Waals surface area contributed by atoms with Gasteiger partial charge < -0.3 is 10.2 Å². The lowest BCUT2D eigenvalue weighted by Gasteiger charge is -2.42. The third kappa shape index (κ3) is 1.89. The van der Waals surface area contributed by atoms with Gasteiger partial charge in [0.15, 0.2) is 6.29 Å². The van der Waals surface area contributed by atoms with Crippen molar-refractivity contribution in [2.75, 3.05) is 0 Å². The van der Waals surface area contributed by atoms with E-state index in [1.54, 1.807) is 0 Å². The van der Waals surface area contributed by atoms with E-state index in [-0.39, 0.29) is 5.92 Å². The Morgan fingerprint density at radius 3 is 2.31 bits per heavy atom. The molecule has 2 aliphatic rings. The van der Waals surface area contributed by atoms with Gasteiger partial charge in [-0.1, -0.05) is 32.1 Å². The Morgan fingerprint density at radius 2 is 1.54 bits per heavy atom. The zero-order valence-corrected chi connectivity index (χ0v) is 8.15. The van der Waals surface area contributed by atoms with E-state index in [9.17, 15) is 10.2 Å². The van der Waals surface area contributed by atoms with Crippen molar-refractivity contribution in [1.29, 1.82) is 0 Å². The zero-order valence-electron chi connectivity index (χ0n) is 8.15. The van der Waals surface area contributed by atoms with Crippen LogP contribution in [0.15, 0.2) is 0 Å². The van der Waals surface area contributed by atoms with Crippen molar-refractivity contribution in [3.63, 3.8) is 0 Å². The lowest BCUT2D eigenvalue weighted by atomic mass is 9.65. The maximum Gasteiger partial charge on any atom is 0.154 e. The van der Waals surface area contributed by atoms with Gasteiger partial charge in [-0.15, -0.1) is 0 Å². The monoisotopic (exact) mass is 184 g/mol. The summed E-state index contributed by atoms with van der Waals surface area (Å²) in [7, 11) is 0. The second-order valence-electron chi connectivity index (χ2n) is 4.72. The minimum absolute atomic E-state index is 0.180. The first-order chi connectivity index (χ1) is 6.29. The summed E-state index contributed by atoms with van der Waals surface area (Å²) in [6.07, 6.45) is 7.70. The summed E-state index contributed by atoms with van der Waals surface area (Å²) in [4.78, 5) is 0. The zero-order chi connectivity index (χ0) is 9.26. The number of aliphatic hydroxyl groups is 2. The largest absolute Gasteiger partial charge is 0.368 e. The molecule has 3 atom stereocenters. The maximum atomic E-state index is 9.27. The second-order valence-corrected chi connectivity index (χ2v) is 4.72. The highest BCUT2D eigenvalue weighted by Crippen LogP contribution is 2.44. The highest BCUT2D eigenvalue weighted by molar-refractivity contribution is 4.85. The lowest BCUT2D eigenvalue weighted by molar-refractivity contribution is -0.124. The van der Waals surface area contributed by atoms with Crippen LogP contribution in [0.1, 0.15) is 44.9 Å². The van der Waals surface area contributed by atoms with E-state index in [2.05, 4.69) is 0 Å². The molecule has 0 aliphatic heterocycles. The first kappa shape index (κ1) is 9.47. The Bertz CT molecular complexity index is 165. The van der Waals surface area contributed by atoms with Crippen LogP contribution in [0.4, 0.5) is 0 Å². The van der Waals surface area contributed by atoms with Crippen LogP contribution in [-0.4, -0.2) is 16.5 Å². The van der Waals surface area contributed by atoms with Crippen molar-refractivity contribution in [2.24, 2.45) is 17.8 Å². The van der Waals surface area contributed by atoms with Crippen LogP contribution in [0, 0.1) is 17.8 Å². The van der Waals surface area contributed by atoms with Crippen LogP contribution in [0.5, 0.6) is 0 Å². The van der Waals surface area contributed by atoms with Gasteiger partial charge in [0.1, 0.15) is 0 Å². The quantitative estimate of drug-likeness (QED) is 0.611. The summed E-state index contributed by atoms with van der Waals surface area (Å²) in [5, 5.41) is 18.5. The molecular formula is C11H20O2. The summed E-state index contributed by atoms with van der Waals surface area (Å²) >= 11 is 0. The summed E-state index contributed by atoms with van der Waals surface area (Å²) in [6.45, 7) is 0. The summed E-state index contributed by atoms with van der Waals surface area (Å²) in [5.74, 6) is 1.59. The standard InChI is InChI=1S/C11H20O2/c12-11(13)10-7-3-5-8-4-1-2-6-9(8)10/h8-13H,1-7H2. The van der Waals surface area contributed by atoms with Crippen molar-refractivity contribution in [2.45, 2.75) is 51.2 Å². The highest BCUT2D eigenvalue weighted by Gasteiger charge is 2.37. The molecule has 0 spiro atoms. The Hall–Kier alpha value is -0.0800. The van der Waals surface area contributed by atoms with Gasteiger partial charge in [0.25, 0.3) is 0 Å². The Labute approximate surface area is 80.0 Å². The predicted octanol–water partition coefficient (Wildman–Crippen LogP) is 1.90. The molecule has 2 heteroatoms. The van der Waals surface area contributed by atoms with Crippen molar-refractivity contribution < 1.29 is 10.2 Å². The first-order valence-electron chi connectivity index (χ1n) is 5.65. The number of hydrogen-bond donors (Lipinski definition) is 2. The van der Waals surface area contributed by atoms with E-state index in [0.29, 0.717) is 5.92 Å². The molecule has 3 unspecified atom stereocenters. The Kier molecular flexibility index (Phi) is 2.89. The van der Waals surface area contributed by atoms with Gasteiger partial charge in [0.05, 0.1) is 0 Å². The minimum Gasteiger partial charge on any atom is -0.368 e. The molecule has 76 valence electrons. The number of fused-ring (bicyclic) bond motifs is 1. The molecule has 0 radical (unpaired) electrons. The minimum atomic E-state index is -1.06. The maximum absolute atomic E-state index is 9.27. The molecule has 0 aromatic carbocycles. The van der Waals surface area contributed by atoms with Crippen molar-refractivity contribution in [3.8, 4) is 0 Å². The van der Waals surface area contributed by atoms with Crippen LogP contribution in [0.25, 0.3) is 0 Å². The van der Waals surface area contributed by atoms with Crippen LogP contribution >= 0.6 is 0 Å². The van der Waals surface area contributed by atoms with Crippen molar-refractivity contribution >= 4 is 0 Å². The SMILES string of the molecule is OC(O)C1CCCC2CCCCC21. The van der Waals surface area contributed by atoms with Gasteiger partial charge in [0.2, 0.25) is 0 Å². The van der Waals surface area contributed by atoms with Crippen molar-refractivity contribution in [3.05, 3.63) is 0 Å². The molecule has 0 saturated heterocycles. The summed E-state index contributed by atoms with van der Waals surface area (Å²) in [5.41, 5.74) is 0. The molecule has 2 rings (SSSR count). The molecule has 2 aliphatic carbocycles. The third-order valence-electron chi connectivity index (χ3n) is 4.01. The molecule has 2 fully saturated rings. The number of hydrogen-bond acceptors (Lipinski definition) is 2. The van der Waals surface area contributed by atoms with E-state index in [0.717, 1.165) is 12.3 Å². The fraction of sp³-hybridized carbons (Fsp3) is 1.00. The van der Waals surface area contributed by atoms with Gasteiger partial charge in [-0.05, 0) is 24.7 Å². The smallest absolute Gasteiger partial charge is 0.154 e. The van der Waals surface area contributed by atoms with Crippen LogP contribution < -0.4 is 0 Å². The summed E-state index contributed by atoms with van der Waals surface area (Å²) in [6, 6.07) is 0. The highest BCUT2D eigenvalue weighted by atomic mass is 16.5. The average Bonchev–Trinajstić information content (AvgIpc) is 2.17. The fourth-order valence-corrected chi connectivity index (χ4v) is 3.36. The first-order valence-corrected chi connectivity index (χ1v) is 5.65. The number of rotatable bonds is 1. The van der Waals surface area contributed by atoms with Crippen molar-refractivity contribution in [1.82, 2.24) is 0 Å². The van der Waals surface area contributed by atoms with Gasteiger partial charge in [-0.3, -0.25) is 0 Å². The second kappa shape index (κ2) is 3.97. The van der Waals surface area contributed by atoms with E-state index >= 15 is 0 Å². The molecule has 0 heterocycles.